The van der Waals surface area contributed by atoms with Gasteiger partial charge >= 0.3 is 0 Å². The van der Waals surface area contributed by atoms with Crippen LogP contribution in [0.1, 0.15) is 18.4 Å². The van der Waals surface area contributed by atoms with Gasteiger partial charge in [-0.25, -0.2) is 13.1 Å². The number of hydrogen-bond donors (Lipinski definition) is 1. The van der Waals surface area contributed by atoms with Crippen LogP contribution in [0.25, 0.3) is 6.08 Å². The fourth-order valence-corrected chi connectivity index (χ4v) is 3.78. The Hall–Kier alpha value is -2.10. The number of ether oxygens (including phenoxy) is 3. The molecule has 1 N–H and O–H groups in total. The van der Waals surface area contributed by atoms with E-state index in [2.05, 4.69) is 4.72 Å². The van der Waals surface area contributed by atoms with Crippen molar-refractivity contribution < 1.29 is 32.5 Å². The summed E-state index contributed by atoms with van der Waals surface area (Å²) >= 11 is 0. The highest BCUT2D eigenvalue weighted by molar-refractivity contribution is 7.89. The van der Waals surface area contributed by atoms with Crippen molar-refractivity contribution >= 4 is 22.1 Å². The molecule has 0 aliphatic carbocycles. The number of benzene rings is 1. The lowest BCUT2D eigenvalue weighted by Gasteiger charge is -2.16. The van der Waals surface area contributed by atoms with E-state index in [0.29, 0.717) is 12.2 Å². The van der Waals surface area contributed by atoms with Crippen molar-refractivity contribution in [2.24, 2.45) is 0 Å². The van der Waals surface area contributed by atoms with E-state index < -0.39 is 16.0 Å². The summed E-state index contributed by atoms with van der Waals surface area (Å²) in [4.78, 5) is 10.4. The maximum Gasteiger partial charge on any atom is 0.244 e. The molecule has 0 amide bonds. The third kappa shape index (κ3) is 4.94. The predicted molar refractivity (Wildman–Crippen MR) is 87.7 cm³/mol. The normalized spacial score (nSPS) is 17.8. The fourth-order valence-electron chi connectivity index (χ4n) is 2.50. The molecule has 1 fully saturated rings. The molecule has 0 radical (unpaired) electrons. The van der Waals surface area contributed by atoms with Crippen molar-refractivity contribution in [3.8, 4) is 11.5 Å². The SMILES string of the molecule is COc1cc(/C=C/C(=O)[O-])cc(S(=O)(=O)NC[C@H]2CCCO2)c1OC. The topological polar surface area (TPSA) is 114 Å². The van der Waals surface area contributed by atoms with Crippen LogP contribution in [-0.4, -0.2) is 47.9 Å². The second kappa shape index (κ2) is 8.32. The first-order valence-corrected chi connectivity index (χ1v) is 9.12. The van der Waals surface area contributed by atoms with E-state index in [4.69, 9.17) is 14.2 Å². The van der Waals surface area contributed by atoms with Crippen LogP contribution in [0.4, 0.5) is 0 Å². The molecule has 0 unspecified atom stereocenters. The second-order valence-corrected chi connectivity index (χ2v) is 7.13. The molecule has 1 aromatic carbocycles. The van der Waals surface area contributed by atoms with E-state index in [9.17, 15) is 18.3 Å². The Bertz CT molecular complexity index is 752. The van der Waals surface area contributed by atoms with Crippen LogP contribution in [0.5, 0.6) is 11.5 Å². The summed E-state index contributed by atoms with van der Waals surface area (Å²) in [5.74, 6) is -1.19. The molecular formula is C16H20NO7S-. The van der Waals surface area contributed by atoms with Crippen LogP contribution in [0.2, 0.25) is 0 Å². The summed E-state index contributed by atoms with van der Waals surface area (Å²) in [6.45, 7) is 0.764. The van der Waals surface area contributed by atoms with Crippen molar-refractivity contribution in [2.45, 2.75) is 23.8 Å². The van der Waals surface area contributed by atoms with Gasteiger partial charge in [-0.1, -0.05) is 6.08 Å². The van der Waals surface area contributed by atoms with Crippen molar-refractivity contribution in [3.05, 3.63) is 23.8 Å². The van der Waals surface area contributed by atoms with Gasteiger partial charge in [0.05, 0.1) is 26.3 Å². The van der Waals surface area contributed by atoms with Gasteiger partial charge in [0.1, 0.15) is 4.90 Å². The van der Waals surface area contributed by atoms with E-state index in [1.165, 1.54) is 32.4 Å². The molecule has 0 aromatic heterocycles. The summed E-state index contributed by atoms with van der Waals surface area (Å²) in [5, 5.41) is 10.6. The predicted octanol–water partition coefficient (Wildman–Crippen LogP) is -0.0758. The van der Waals surface area contributed by atoms with Crippen molar-refractivity contribution in [3.63, 3.8) is 0 Å². The fraction of sp³-hybridized carbons (Fsp3) is 0.438. The van der Waals surface area contributed by atoms with Gasteiger partial charge in [-0.15, -0.1) is 0 Å². The highest BCUT2D eigenvalue weighted by atomic mass is 32.2. The second-order valence-electron chi connectivity index (χ2n) is 5.39. The number of carbonyl (C=O) groups excluding carboxylic acids is 1. The molecule has 1 aliphatic rings. The maximum atomic E-state index is 12.7. The van der Waals surface area contributed by atoms with E-state index in [-0.39, 0.29) is 29.0 Å². The minimum atomic E-state index is -3.92. The van der Waals surface area contributed by atoms with Gasteiger partial charge in [-0.05, 0) is 36.6 Å². The van der Waals surface area contributed by atoms with Crippen LogP contribution in [0.15, 0.2) is 23.1 Å². The zero-order valence-corrected chi connectivity index (χ0v) is 14.8. The summed E-state index contributed by atoms with van der Waals surface area (Å²) < 4.78 is 43.6. The number of nitrogens with one attached hydrogen (secondary N) is 1. The Morgan fingerprint density at radius 1 is 1.40 bits per heavy atom. The Balaban J connectivity index is 2.37. The summed E-state index contributed by atoms with van der Waals surface area (Å²) in [7, 11) is -1.23. The lowest BCUT2D eigenvalue weighted by molar-refractivity contribution is -0.297. The summed E-state index contributed by atoms with van der Waals surface area (Å²) in [6, 6.07) is 2.77. The zero-order valence-electron chi connectivity index (χ0n) is 14.0. The molecule has 9 heteroatoms. The smallest absolute Gasteiger partial charge is 0.244 e. The quantitative estimate of drug-likeness (QED) is 0.637. The van der Waals surface area contributed by atoms with E-state index in [0.717, 1.165) is 18.9 Å². The Morgan fingerprint density at radius 2 is 2.16 bits per heavy atom. The summed E-state index contributed by atoms with van der Waals surface area (Å²) in [5.41, 5.74) is 0.319. The van der Waals surface area contributed by atoms with Gasteiger partial charge < -0.3 is 24.1 Å². The molecule has 2 rings (SSSR count). The number of carboxylic acids is 1. The zero-order chi connectivity index (χ0) is 18.4. The molecule has 8 nitrogen and oxygen atoms in total. The van der Waals surface area contributed by atoms with Crippen LogP contribution in [0, 0.1) is 0 Å². The van der Waals surface area contributed by atoms with Crippen LogP contribution >= 0.6 is 0 Å². The average Bonchev–Trinajstić information content (AvgIpc) is 3.10. The molecule has 1 saturated heterocycles. The lowest BCUT2D eigenvalue weighted by atomic mass is 10.2. The molecule has 138 valence electrons. The monoisotopic (exact) mass is 370 g/mol. The molecule has 1 heterocycles. The first-order chi connectivity index (χ1) is 11.9. The standard InChI is InChI=1S/C16H21NO7S/c1-22-13-8-11(5-6-15(18)19)9-14(16(13)23-2)25(20,21)17-10-12-4-3-7-24-12/h5-6,8-9,12,17H,3-4,7,10H2,1-2H3,(H,18,19)/p-1/b6-5+/t12-/m1/s1. The van der Waals surface area contributed by atoms with E-state index >= 15 is 0 Å². The molecular weight excluding hydrogens is 350 g/mol. The van der Waals surface area contributed by atoms with Gasteiger partial charge in [-0.3, -0.25) is 0 Å². The largest absolute Gasteiger partial charge is 0.545 e. The molecule has 0 bridgehead atoms. The first kappa shape index (κ1) is 19.2. The van der Waals surface area contributed by atoms with Gasteiger partial charge in [0.15, 0.2) is 11.5 Å². The number of methoxy groups -OCH3 is 2. The van der Waals surface area contributed by atoms with Crippen molar-refractivity contribution in [1.82, 2.24) is 4.72 Å². The average molecular weight is 370 g/mol. The molecule has 1 atom stereocenters. The molecule has 1 aliphatic heterocycles. The molecule has 0 spiro atoms. The van der Waals surface area contributed by atoms with Crippen LogP contribution in [-0.2, 0) is 19.6 Å². The van der Waals surface area contributed by atoms with E-state index in [1.807, 2.05) is 0 Å². The summed E-state index contributed by atoms with van der Waals surface area (Å²) in [6.07, 6.45) is 3.54. The Labute approximate surface area is 146 Å². The lowest BCUT2D eigenvalue weighted by Crippen LogP contribution is -2.32. The number of aliphatic carboxylic acids is 1. The van der Waals surface area contributed by atoms with Gasteiger partial charge in [-0.2, -0.15) is 0 Å². The van der Waals surface area contributed by atoms with Crippen molar-refractivity contribution in [1.29, 1.82) is 0 Å². The number of carboxylic acid groups (broad SMARTS) is 1. The van der Waals surface area contributed by atoms with Crippen molar-refractivity contribution in [2.75, 3.05) is 27.4 Å². The van der Waals surface area contributed by atoms with Gasteiger partial charge in [0.25, 0.3) is 0 Å². The minimum Gasteiger partial charge on any atom is -0.545 e. The Kier molecular flexibility index (Phi) is 6.40. The third-order valence-electron chi connectivity index (χ3n) is 3.69. The maximum absolute atomic E-state index is 12.7. The first-order valence-electron chi connectivity index (χ1n) is 7.63. The number of rotatable bonds is 8. The van der Waals surface area contributed by atoms with Crippen LogP contribution in [0.3, 0.4) is 0 Å². The minimum absolute atomic E-state index is 0.0351. The van der Waals surface area contributed by atoms with Crippen LogP contribution < -0.4 is 19.3 Å². The highest BCUT2D eigenvalue weighted by Gasteiger charge is 2.25. The number of hydrogen-bond acceptors (Lipinski definition) is 7. The van der Waals surface area contributed by atoms with E-state index in [1.54, 1.807) is 0 Å². The molecule has 0 saturated carbocycles. The highest BCUT2D eigenvalue weighted by Crippen LogP contribution is 2.36. The molecule has 25 heavy (non-hydrogen) atoms. The Morgan fingerprint density at radius 3 is 2.72 bits per heavy atom. The van der Waals surface area contributed by atoms with Gasteiger partial charge in [0, 0.05) is 13.2 Å². The number of carbonyl (C=O) groups is 1. The third-order valence-corrected chi connectivity index (χ3v) is 5.12. The number of sulfonamides is 1. The molecule has 1 aromatic rings. The van der Waals surface area contributed by atoms with Gasteiger partial charge in [0.2, 0.25) is 10.0 Å².